The van der Waals surface area contributed by atoms with E-state index in [4.69, 9.17) is 11.6 Å². The molecular formula is C22H24ClFN4O. The molecule has 152 valence electrons. The first kappa shape index (κ1) is 19.9. The van der Waals surface area contributed by atoms with E-state index in [-0.39, 0.29) is 5.82 Å². The molecule has 7 heteroatoms. The summed E-state index contributed by atoms with van der Waals surface area (Å²) in [5.41, 5.74) is 2.22. The molecule has 0 saturated carbocycles. The maximum atomic E-state index is 14.8. The van der Waals surface area contributed by atoms with E-state index in [1.54, 1.807) is 29.1 Å². The van der Waals surface area contributed by atoms with E-state index >= 15 is 0 Å². The van der Waals surface area contributed by atoms with Crippen molar-refractivity contribution < 1.29 is 9.50 Å². The number of aliphatic hydroxyl groups is 1. The van der Waals surface area contributed by atoms with Crippen molar-refractivity contribution in [3.05, 3.63) is 82.6 Å². The smallest absolute Gasteiger partial charge is 0.146 e. The number of anilines is 1. The van der Waals surface area contributed by atoms with Crippen molar-refractivity contribution in [3.63, 3.8) is 0 Å². The molecule has 0 unspecified atom stereocenters. The number of benzene rings is 2. The van der Waals surface area contributed by atoms with Gasteiger partial charge in [0.25, 0.3) is 0 Å². The number of hydrogen-bond donors (Lipinski definition) is 1. The molecule has 5 nitrogen and oxygen atoms in total. The molecule has 1 fully saturated rings. The number of hydrogen-bond acceptors (Lipinski definition) is 4. The van der Waals surface area contributed by atoms with Gasteiger partial charge in [0.1, 0.15) is 17.7 Å². The van der Waals surface area contributed by atoms with Gasteiger partial charge in [0.15, 0.2) is 0 Å². The summed E-state index contributed by atoms with van der Waals surface area (Å²) in [6, 6.07) is 12.7. The second-order valence-electron chi connectivity index (χ2n) is 7.37. The van der Waals surface area contributed by atoms with Gasteiger partial charge >= 0.3 is 0 Å². The van der Waals surface area contributed by atoms with Gasteiger partial charge in [-0.2, -0.15) is 0 Å². The predicted molar refractivity (Wildman–Crippen MR) is 113 cm³/mol. The molecule has 2 heterocycles. The fraction of sp³-hybridized carbons (Fsp3) is 0.318. The summed E-state index contributed by atoms with van der Waals surface area (Å²) in [5.74, 6) is 0.181. The molecule has 0 radical (unpaired) electrons. The van der Waals surface area contributed by atoms with Crippen molar-refractivity contribution in [2.24, 2.45) is 7.05 Å². The number of halogens is 2. The second-order valence-corrected chi connectivity index (χ2v) is 7.80. The van der Waals surface area contributed by atoms with Crippen LogP contribution in [0.3, 0.4) is 0 Å². The van der Waals surface area contributed by atoms with Gasteiger partial charge in [0.2, 0.25) is 0 Å². The highest BCUT2D eigenvalue weighted by Gasteiger charge is 2.26. The van der Waals surface area contributed by atoms with Gasteiger partial charge in [0.05, 0.1) is 5.69 Å². The Bertz CT molecular complexity index is 967. The SMILES string of the molecule is Cn1ccnc1[C@H](O)c1cccc(F)c1N1CCN(Cc2ccc(Cl)cc2)CC1. The van der Waals surface area contributed by atoms with Crippen molar-refractivity contribution in [2.75, 3.05) is 31.1 Å². The summed E-state index contributed by atoms with van der Waals surface area (Å²) in [6.45, 7) is 3.85. The van der Waals surface area contributed by atoms with E-state index in [9.17, 15) is 9.50 Å². The zero-order valence-corrected chi connectivity index (χ0v) is 17.1. The van der Waals surface area contributed by atoms with Crippen molar-refractivity contribution in [1.82, 2.24) is 14.5 Å². The number of aliphatic hydroxyl groups excluding tert-OH is 1. The van der Waals surface area contributed by atoms with Gasteiger partial charge in [0, 0.05) is 62.8 Å². The van der Waals surface area contributed by atoms with E-state index in [1.807, 2.05) is 36.2 Å². The molecule has 1 aromatic heterocycles. The molecule has 0 bridgehead atoms. The second kappa shape index (κ2) is 8.53. The van der Waals surface area contributed by atoms with Crippen molar-refractivity contribution in [3.8, 4) is 0 Å². The molecule has 2 aromatic carbocycles. The third-order valence-electron chi connectivity index (χ3n) is 5.42. The topological polar surface area (TPSA) is 44.5 Å². The van der Waals surface area contributed by atoms with Crippen LogP contribution in [-0.2, 0) is 13.6 Å². The number of para-hydroxylation sites is 1. The summed E-state index contributed by atoms with van der Waals surface area (Å²) in [6.07, 6.45) is 2.42. The number of imidazole rings is 1. The molecule has 1 aliphatic heterocycles. The lowest BCUT2D eigenvalue weighted by molar-refractivity contribution is 0.205. The minimum atomic E-state index is -0.979. The molecular weight excluding hydrogens is 391 g/mol. The maximum Gasteiger partial charge on any atom is 0.146 e. The molecule has 29 heavy (non-hydrogen) atoms. The third-order valence-corrected chi connectivity index (χ3v) is 5.68. The van der Waals surface area contributed by atoms with Gasteiger partial charge < -0.3 is 14.6 Å². The van der Waals surface area contributed by atoms with Gasteiger partial charge in [-0.3, -0.25) is 4.90 Å². The van der Waals surface area contributed by atoms with E-state index in [0.29, 0.717) is 30.2 Å². The first-order valence-electron chi connectivity index (χ1n) is 9.68. The molecule has 1 saturated heterocycles. The molecule has 0 amide bonds. The molecule has 4 rings (SSSR count). The van der Waals surface area contributed by atoms with Gasteiger partial charge in [-0.15, -0.1) is 0 Å². The fourth-order valence-electron chi connectivity index (χ4n) is 3.84. The maximum absolute atomic E-state index is 14.8. The number of nitrogens with zero attached hydrogens (tertiary/aromatic N) is 4. The number of aryl methyl sites for hydroxylation is 1. The summed E-state index contributed by atoms with van der Waals surface area (Å²) < 4.78 is 16.6. The number of aromatic nitrogens is 2. The Kier molecular flexibility index (Phi) is 5.85. The largest absolute Gasteiger partial charge is 0.380 e. The van der Waals surface area contributed by atoms with Crippen LogP contribution in [0.25, 0.3) is 0 Å². The van der Waals surface area contributed by atoms with Crippen molar-refractivity contribution >= 4 is 17.3 Å². The Balaban J connectivity index is 1.50. The highest BCUT2D eigenvalue weighted by Crippen LogP contribution is 2.33. The predicted octanol–water partition coefficient (Wildman–Crippen LogP) is 3.62. The van der Waals surface area contributed by atoms with E-state index in [1.165, 1.54) is 11.6 Å². The van der Waals surface area contributed by atoms with Gasteiger partial charge in [-0.25, -0.2) is 9.37 Å². The zero-order chi connectivity index (χ0) is 20.4. The minimum absolute atomic E-state index is 0.318. The van der Waals surface area contributed by atoms with E-state index in [0.717, 1.165) is 24.7 Å². The van der Waals surface area contributed by atoms with Crippen LogP contribution in [0.1, 0.15) is 23.1 Å². The van der Waals surface area contributed by atoms with Crippen LogP contribution in [0.15, 0.2) is 54.9 Å². The average Bonchev–Trinajstić information content (AvgIpc) is 3.16. The van der Waals surface area contributed by atoms with E-state index < -0.39 is 6.10 Å². The van der Waals surface area contributed by atoms with Crippen LogP contribution in [0.5, 0.6) is 0 Å². The quantitative estimate of drug-likeness (QED) is 0.692. The molecule has 3 aromatic rings. The van der Waals surface area contributed by atoms with Crippen LogP contribution < -0.4 is 4.90 Å². The number of piperazine rings is 1. The van der Waals surface area contributed by atoms with Crippen LogP contribution in [0.2, 0.25) is 5.02 Å². The molecule has 0 aliphatic carbocycles. The minimum Gasteiger partial charge on any atom is -0.380 e. The molecule has 1 N–H and O–H groups in total. The first-order valence-corrected chi connectivity index (χ1v) is 10.1. The zero-order valence-electron chi connectivity index (χ0n) is 16.3. The van der Waals surface area contributed by atoms with Crippen LogP contribution in [-0.4, -0.2) is 45.7 Å². The van der Waals surface area contributed by atoms with Gasteiger partial charge in [-0.05, 0) is 23.8 Å². The lowest BCUT2D eigenvalue weighted by atomic mass is 10.0. The van der Waals surface area contributed by atoms with Gasteiger partial charge in [-0.1, -0.05) is 35.9 Å². The first-order chi connectivity index (χ1) is 14.0. The normalized spacial score (nSPS) is 16.2. The van der Waals surface area contributed by atoms with E-state index in [2.05, 4.69) is 9.88 Å². The Hall–Kier alpha value is -2.41. The van der Waals surface area contributed by atoms with Crippen molar-refractivity contribution in [2.45, 2.75) is 12.6 Å². The molecule has 1 atom stereocenters. The Morgan fingerprint density at radius 3 is 2.48 bits per heavy atom. The Morgan fingerprint density at radius 2 is 1.83 bits per heavy atom. The lowest BCUT2D eigenvalue weighted by Gasteiger charge is -2.37. The Labute approximate surface area is 175 Å². The highest BCUT2D eigenvalue weighted by molar-refractivity contribution is 6.30. The molecule has 0 spiro atoms. The lowest BCUT2D eigenvalue weighted by Crippen LogP contribution is -2.46. The number of rotatable bonds is 5. The van der Waals surface area contributed by atoms with Crippen LogP contribution in [0.4, 0.5) is 10.1 Å². The Morgan fingerprint density at radius 1 is 1.10 bits per heavy atom. The van der Waals surface area contributed by atoms with Crippen LogP contribution in [0, 0.1) is 5.82 Å². The standard InChI is InChI=1S/C22H24ClFN4O/c1-26-10-9-25-22(26)21(29)18-3-2-4-19(24)20(18)28-13-11-27(12-14-28)15-16-5-7-17(23)8-6-16/h2-10,21,29H,11-15H2,1H3/t21-/m1/s1. The van der Waals surface area contributed by atoms with Crippen molar-refractivity contribution in [1.29, 1.82) is 0 Å². The summed E-state index contributed by atoms with van der Waals surface area (Å²) in [5, 5.41) is 11.6. The highest BCUT2D eigenvalue weighted by atomic mass is 35.5. The third kappa shape index (κ3) is 4.29. The summed E-state index contributed by atoms with van der Waals surface area (Å²) in [4.78, 5) is 8.59. The molecule has 1 aliphatic rings. The monoisotopic (exact) mass is 414 g/mol. The average molecular weight is 415 g/mol. The van der Waals surface area contributed by atoms with Crippen LogP contribution >= 0.6 is 11.6 Å². The summed E-state index contributed by atoms with van der Waals surface area (Å²) >= 11 is 5.96. The summed E-state index contributed by atoms with van der Waals surface area (Å²) in [7, 11) is 1.82. The fourth-order valence-corrected chi connectivity index (χ4v) is 3.97.